The summed E-state index contributed by atoms with van der Waals surface area (Å²) in [6.07, 6.45) is 0. The molecule has 0 aliphatic heterocycles. The minimum Gasteiger partial charge on any atom is -0.321 e. The van der Waals surface area contributed by atoms with Gasteiger partial charge < -0.3 is 5.32 Å². The Morgan fingerprint density at radius 2 is 1.95 bits per heavy atom. The third-order valence-electron chi connectivity index (χ3n) is 2.48. The number of nitrogens with one attached hydrogen (secondary N) is 1. The van der Waals surface area contributed by atoms with Gasteiger partial charge in [0.05, 0.1) is 11.4 Å². The highest BCUT2D eigenvalue weighted by atomic mass is 79.9. The average molecular weight is 396 g/mol. The monoisotopic (exact) mass is 394 g/mol. The van der Waals surface area contributed by atoms with Crippen LogP contribution in [0.2, 0.25) is 0 Å². The number of carbonyl (C=O) groups is 1. The topological polar surface area (TPSA) is 77.9 Å². The fourth-order valence-electron chi connectivity index (χ4n) is 1.58. The number of azide groups is 1. The summed E-state index contributed by atoms with van der Waals surface area (Å²) in [6, 6.07) is 12.0. The molecule has 0 bridgehead atoms. The molecule has 2 rings (SSSR count). The molecule has 1 amide bonds. The van der Waals surface area contributed by atoms with Crippen LogP contribution in [0.15, 0.2) is 56.5 Å². The van der Waals surface area contributed by atoms with Crippen molar-refractivity contribution in [2.45, 2.75) is 0 Å². The van der Waals surface area contributed by atoms with Crippen molar-refractivity contribution in [2.24, 2.45) is 5.11 Å². The zero-order valence-corrected chi connectivity index (χ0v) is 13.2. The molecule has 2 aromatic carbocycles. The van der Waals surface area contributed by atoms with Gasteiger partial charge in [-0.05, 0) is 45.7 Å². The second-order valence-electron chi connectivity index (χ2n) is 3.78. The number of anilines is 1. The standard InChI is InChI=1S/C13H8Br2N4O/c14-8-5-6-12(10(15)7-8)17-13(20)9-3-1-2-4-11(9)18-19-16/h1-7H,(H,17,20). The Labute approximate surface area is 131 Å². The summed E-state index contributed by atoms with van der Waals surface area (Å²) in [5, 5.41) is 6.27. The number of amides is 1. The van der Waals surface area contributed by atoms with Crippen LogP contribution in [-0.2, 0) is 0 Å². The molecule has 0 radical (unpaired) electrons. The third kappa shape index (κ3) is 3.39. The predicted octanol–water partition coefficient (Wildman–Crippen LogP) is 5.41. The van der Waals surface area contributed by atoms with Gasteiger partial charge in [-0.25, -0.2) is 0 Å². The van der Waals surface area contributed by atoms with E-state index in [9.17, 15) is 4.79 Å². The molecule has 0 fully saturated rings. The van der Waals surface area contributed by atoms with Crippen molar-refractivity contribution >= 4 is 49.1 Å². The molecule has 0 saturated carbocycles. The van der Waals surface area contributed by atoms with E-state index in [1.165, 1.54) is 0 Å². The highest BCUT2D eigenvalue weighted by Gasteiger charge is 2.11. The van der Waals surface area contributed by atoms with Crippen LogP contribution < -0.4 is 5.32 Å². The summed E-state index contributed by atoms with van der Waals surface area (Å²) >= 11 is 6.71. The van der Waals surface area contributed by atoms with Gasteiger partial charge in [0.25, 0.3) is 5.91 Å². The van der Waals surface area contributed by atoms with Crippen LogP contribution in [0.5, 0.6) is 0 Å². The maximum Gasteiger partial charge on any atom is 0.256 e. The molecule has 0 saturated heterocycles. The lowest BCUT2D eigenvalue weighted by atomic mass is 10.1. The van der Waals surface area contributed by atoms with Crippen LogP contribution in [0.3, 0.4) is 0 Å². The summed E-state index contributed by atoms with van der Waals surface area (Å²) in [7, 11) is 0. The zero-order valence-electron chi connectivity index (χ0n) is 10.0. The van der Waals surface area contributed by atoms with Gasteiger partial charge in [-0.1, -0.05) is 39.2 Å². The molecular weight excluding hydrogens is 388 g/mol. The van der Waals surface area contributed by atoms with Crippen molar-refractivity contribution < 1.29 is 4.79 Å². The van der Waals surface area contributed by atoms with Gasteiger partial charge in [0.1, 0.15) is 0 Å². The molecule has 0 aromatic heterocycles. The lowest BCUT2D eigenvalue weighted by Crippen LogP contribution is -2.12. The molecule has 1 N–H and O–H groups in total. The van der Waals surface area contributed by atoms with Gasteiger partial charge in [0.15, 0.2) is 0 Å². The van der Waals surface area contributed by atoms with E-state index in [0.29, 0.717) is 16.9 Å². The molecule has 0 heterocycles. The first kappa shape index (κ1) is 14.6. The van der Waals surface area contributed by atoms with Gasteiger partial charge >= 0.3 is 0 Å². The fourth-order valence-corrected chi connectivity index (χ4v) is 2.73. The summed E-state index contributed by atoms with van der Waals surface area (Å²) < 4.78 is 1.65. The quantitative estimate of drug-likeness (QED) is 0.421. The summed E-state index contributed by atoms with van der Waals surface area (Å²) in [5.74, 6) is -0.337. The van der Waals surface area contributed by atoms with Crippen molar-refractivity contribution in [1.82, 2.24) is 0 Å². The van der Waals surface area contributed by atoms with Gasteiger partial charge in [0, 0.05) is 19.4 Å². The van der Waals surface area contributed by atoms with E-state index in [-0.39, 0.29) is 5.91 Å². The number of hydrogen-bond acceptors (Lipinski definition) is 2. The van der Waals surface area contributed by atoms with Crippen molar-refractivity contribution in [3.8, 4) is 0 Å². The second-order valence-corrected chi connectivity index (χ2v) is 5.55. The SMILES string of the molecule is [N-]=[N+]=Nc1ccccc1C(=O)Nc1ccc(Br)cc1Br. The molecule has 5 nitrogen and oxygen atoms in total. The van der Waals surface area contributed by atoms with Crippen LogP contribution >= 0.6 is 31.9 Å². The number of hydrogen-bond donors (Lipinski definition) is 1. The van der Waals surface area contributed by atoms with Gasteiger partial charge in [-0.15, -0.1) is 0 Å². The average Bonchev–Trinajstić information content (AvgIpc) is 2.43. The first-order valence-corrected chi connectivity index (χ1v) is 7.11. The van der Waals surface area contributed by atoms with Crippen LogP contribution in [0, 0.1) is 0 Å². The smallest absolute Gasteiger partial charge is 0.256 e. The molecule has 0 aliphatic carbocycles. The number of halogens is 2. The molecule has 7 heteroatoms. The molecule has 0 spiro atoms. The fraction of sp³-hybridized carbons (Fsp3) is 0. The van der Waals surface area contributed by atoms with E-state index in [1.54, 1.807) is 30.3 Å². The van der Waals surface area contributed by atoms with Gasteiger partial charge in [0.2, 0.25) is 0 Å². The second kappa shape index (κ2) is 6.56. The minimum atomic E-state index is -0.337. The Morgan fingerprint density at radius 3 is 2.65 bits per heavy atom. The van der Waals surface area contributed by atoms with Crippen LogP contribution in [0.1, 0.15) is 10.4 Å². The van der Waals surface area contributed by atoms with E-state index in [0.717, 1.165) is 8.95 Å². The van der Waals surface area contributed by atoms with E-state index in [1.807, 2.05) is 12.1 Å². The highest BCUT2D eigenvalue weighted by Crippen LogP contribution is 2.27. The van der Waals surface area contributed by atoms with Crippen molar-refractivity contribution in [3.05, 3.63) is 67.4 Å². The molecular formula is C13H8Br2N4O. The maximum atomic E-state index is 12.2. The molecule has 100 valence electrons. The number of nitrogens with zero attached hydrogens (tertiary/aromatic N) is 3. The summed E-state index contributed by atoms with van der Waals surface area (Å²) in [6.45, 7) is 0. The molecule has 0 aliphatic rings. The predicted molar refractivity (Wildman–Crippen MR) is 85.0 cm³/mol. The Bertz CT molecular complexity index is 711. The Hall–Kier alpha value is -1.82. The van der Waals surface area contributed by atoms with E-state index in [2.05, 4.69) is 47.2 Å². The molecule has 0 atom stereocenters. The van der Waals surface area contributed by atoms with Crippen LogP contribution in [0.4, 0.5) is 11.4 Å². The van der Waals surface area contributed by atoms with Gasteiger partial charge in [-0.2, -0.15) is 0 Å². The number of benzene rings is 2. The zero-order chi connectivity index (χ0) is 14.5. The normalized spacial score (nSPS) is 9.70. The third-order valence-corrected chi connectivity index (χ3v) is 3.63. The Balaban J connectivity index is 2.31. The lowest BCUT2D eigenvalue weighted by Gasteiger charge is -2.09. The van der Waals surface area contributed by atoms with E-state index >= 15 is 0 Å². The first-order chi connectivity index (χ1) is 9.61. The Kier molecular flexibility index (Phi) is 4.79. The summed E-state index contributed by atoms with van der Waals surface area (Å²) in [5.41, 5.74) is 9.75. The Morgan fingerprint density at radius 1 is 1.20 bits per heavy atom. The molecule has 2 aromatic rings. The van der Waals surface area contributed by atoms with Crippen LogP contribution in [0.25, 0.3) is 10.4 Å². The minimum absolute atomic E-state index is 0.292. The van der Waals surface area contributed by atoms with Crippen molar-refractivity contribution in [1.29, 1.82) is 0 Å². The highest BCUT2D eigenvalue weighted by molar-refractivity contribution is 9.11. The molecule has 20 heavy (non-hydrogen) atoms. The summed E-state index contributed by atoms with van der Waals surface area (Å²) in [4.78, 5) is 14.9. The van der Waals surface area contributed by atoms with Crippen molar-refractivity contribution in [3.63, 3.8) is 0 Å². The number of carbonyl (C=O) groups excluding carboxylic acids is 1. The van der Waals surface area contributed by atoms with Crippen LogP contribution in [-0.4, -0.2) is 5.91 Å². The maximum absolute atomic E-state index is 12.2. The van der Waals surface area contributed by atoms with Gasteiger partial charge in [-0.3, -0.25) is 4.79 Å². The van der Waals surface area contributed by atoms with E-state index in [4.69, 9.17) is 5.53 Å². The largest absolute Gasteiger partial charge is 0.321 e. The lowest BCUT2D eigenvalue weighted by molar-refractivity contribution is 0.102. The number of rotatable bonds is 3. The molecule has 0 unspecified atom stereocenters. The van der Waals surface area contributed by atoms with Crippen molar-refractivity contribution in [2.75, 3.05) is 5.32 Å². The first-order valence-electron chi connectivity index (χ1n) is 5.52. The van der Waals surface area contributed by atoms with E-state index < -0.39 is 0 Å².